The average molecular weight is 416 g/mol. The van der Waals surface area contributed by atoms with Crippen molar-refractivity contribution in [1.82, 2.24) is 0 Å². The summed E-state index contributed by atoms with van der Waals surface area (Å²) in [5.41, 5.74) is 2.17. The first-order valence-corrected chi connectivity index (χ1v) is 9.71. The molecule has 0 N–H and O–H groups in total. The van der Waals surface area contributed by atoms with Crippen LogP contribution in [0.3, 0.4) is 0 Å². The molecule has 3 aliphatic rings. The van der Waals surface area contributed by atoms with Crippen molar-refractivity contribution >= 4 is 27.4 Å². The van der Waals surface area contributed by atoms with Gasteiger partial charge in [-0.15, -0.1) is 0 Å². The zero-order valence-electron chi connectivity index (χ0n) is 14.9. The second-order valence-electron chi connectivity index (χ2n) is 6.92. The number of rotatable bonds is 4. The van der Waals surface area contributed by atoms with Gasteiger partial charge >= 0.3 is 0 Å². The number of hydrogen-bond acceptors (Lipinski definition) is 4. The molecule has 2 aromatic carbocycles. The third kappa shape index (κ3) is 2.78. The van der Waals surface area contributed by atoms with Crippen molar-refractivity contribution in [3.63, 3.8) is 0 Å². The van der Waals surface area contributed by atoms with Crippen molar-refractivity contribution < 1.29 is 14.3 Å². The quantitative estimate of drug-likeness (QED) is 0.720. The molecule has 2 bridgehead atoms. The highest BCUT2D eigenvalue weighted by Crippen LogP contribution is 2.51. The summed E-state index contributed by atoms with van der Waals surface area (Å²) in [7, 11) is 3.31. The topological polar surface area (TPSA) is 38.8 Å². The molecule has 136 valence electrons. The number of para-hydroxylation sites is 1. The number of nitrogens with zero attached hydrogens (tertiary/aromatic N) is 1. The maximum absolute atomic E-state index is 12.7. The first kappa shape index (κ1) is 17.4. The largest absolute Gasteiger partial charge is 0.493 e. The summed E-state index contributed by atoms with van der Waals surface area (Å²) in [5, 5.41) is 0. The molecule has 2 heterocycles. The summed E-state index contributed by atoms with van der Waals surface area (Å²) in [6.45, 7) is 0. The average Bonchev–Trinajstić information content (AvgIpc) is 2.67. The van der Waals surface area contributed by atoms with Crippen LogP contribution in [0, 0.1) is 5.92 Å². The van der Waals surface area contributed by atoms with Crippen LogP contribution >= 0.6 is 15.9 Å². The molecule has 5 rings (SSSR count). The number of fused-ring (bicyclic) bond motifs is 3. The standard InChI is InChI=1S/C21H22BrNO3/c1-25-19-5-3-4-17(21(19)26-2)20-16-11-10-15(12-18(16)24)23(20)14-8-6-13(22)7-9-14/h3-9,15-16,20H,10-12H2,1-2H3/t15-,16+,20+/m1/s1. The van der Waals surface area contributed by atoms with E-state index in [9.17, 15) is 4.79 Å². The SMILES string of the molecule is COc1cccc([C@@H]2[C@H]3CC[C@H](CC3=O)N2c2ccc(Br)cc2)c1OC. The lowest BCUT2D eigenvalue weighted by atomic mass is 9.71. The molecule has 26 heavy (non-hydrogen) atoms. The molecule has 0 radical (unpaired) electrons. The van der Waals surface area contributed by atoms with E-state index in [1.54, 1.807) is 14.2 Å². The van der Waals surface area contributed by atoms with E-state index >= 15 is 0 Å². The molecule has 5 heteroatoms. The highest BCUT2D eigenvalue weighted by molar-refractivity contribution is 9.10. The van der Waals surface area contributed by atoms with Crippen molar-refractivity contribution in [2.45, 2.75) is 31.3 Å². The molecule has 3 fully saturated rings. The number of carbonyl (C=O) groups excluding carboxylic acids is 1. The third-order valence-electron chi connectivity index (χ3n) is 5.61. The van der Waals surface area contributed by atoms with E-state index in [1.807, 2.05) is 12.1 Å². The van der Waals surface area contributed by atoms with E-state index in [2.05, 4.69) is 51.2 Å². The number of halogens is 1. The summed E-state index contributed by atoms with van der Waals surface area (Å²) >= 11 is 3.51. The first-order valence-electron chi connectivity index (χ1n) is 8.91. The van der Waals surface area contributed by atoms with Crippen molar-refractivity contribution in [1.29, 1.82) is 0 Å². The van der Waals surface area contributed by atoms with Gasteiger partial charge in [-0.2, -0.15) is 0 Å². The van der Waals surface area contributed by atoms with Gasteiger partial charge in [0.15, 0.2) is 11.5 Å². The summed E-state index contributed by atoms with van der Waals surface area (Å²) in [6.07, 6.45) is 2.61. The van der Waals surface area contributed by atoms with Gasteiger partial charge in [-0.1, -0.05) is 28.1 Å². The van der Waals surface area contributed by atoms with Gasteiger partial charge in [-0.25, -0.2) is 0 Å². The molecule has 0 spiro atoms. The number of anilines is 1. The number of ether oxygens (including phenoxy) is 2. The van der Waals surface area contributed by atoms with Gasteiger partial charge in [0.2, 0.25) is 0 Å². The van der Waals surface area contributed by atoms with E-state index < -0.39 is 0 Å². The molecule has 1 saturated carbocycles. The minimum absolute atomic E-state index is 0.00958. The minimum atomic E-state index is -0.0266. The van der Waals surface area contributed by atoms with Crippen molar-refractivity contribution in [3.05, 3.63) is 52.5 Å². The zero-order valence-corrected chi connectivity index (χ0v) is 16.5. The Labute approximate surface area is 162 Å². The minimum Gasteiger partial charge on any atom is -0.493 e. The zero-order chi connectivity index (χ0) is 18.3. The third-order valence-corrected chi connectivity index (χ3v) is 6.14. The number of Topliss-reactive ketones (excluding diaryl/α,β-unsaturated/α-hetero) is 1. The number of ketones is 1. The van der Waals surface area contributed by atoms with Crippen LogP contribution in [0.5, 0.6) is 11.5 Å². The summed E-state index contributed by atoms with van der Waals surface area (Å²) in [6, 6.07) is 14.5. The van der Waals surface area contributed by atoms with Crippen LogP contribution in [0.25, 0.3) is 0 Å². The molecule has 3 atom stereocenters. The predicted molar refractivity (Wildman–Crippen MR) is 105 cm³/mol. The smallest absolute Gasteiger partial charge is 0.166 e. The predicted octanol–water partition coefficient (Wildman–Crippen LogP) is 4.77. The van der Waals surface area contributed by atoms with Gasteiger partial charge in [-0.3, -0.25) is 4.79 Å². The van der Waals surface area contributed by atoms with Crippen LogP contribution in [-0.4, -0.2) is 26.0 Å². The fraction of sp³-hybridized carbons (Fsp3) is 0.381. The van der Waals surface area contributed by atoms with E-state index in [0.29, 0.717) is 18.0 Å². The first-order chi connectivity index (χ1) is 12.6. The maximum Gasteiger partial charge on any atom is 0.166 e. The van der Waals surface area contributed by atoms with Crippen LogP contribution in [0.2, 0.25) is 0 Å². The Morgan fingerprint density at radius 3 is 2.46 bits per heavy atom. The number of piperidine rings is 2. The molecular weight excluding hydrogens is 394 g/mol. The fourth-order valence-corrected chi connectivity index (χ4v) is 4.77. The number of hydrogen-bond donors (Lipinski definition) is 0. The molecular formula is C21H22BrNO3. The number of methoxy groups -OCH3 is 2. The van der Waals surface area contributed by atoms with Gasteiger partial charge in [0.05, 0.1) is 20.3 Å². The summed E-state index contributed by atoms with van der Waals surface area (Å²) in [5.74, 6) is 1.78. The molecule has 1 aliphatic carbocycles. The Hall–Kier alpha value is -2.01. The van der Waals surface area contributed by atoms with Gasteiger partial charge in [0.1, 0.15) is 5.78 Å². The molecule has 2 aliphatic heterocycles. The van der Waals surface area contributed by atoms with Crippen LogP contribution in [0.15, 0.2) is 46.9 Å². The Kier molecular flexibility index (Phi) is 4.65. The van der Waals surface area contributed by atoms with Crippen molar-refractivity contribution in [3.8, 4) is 11.5 Å². The van der Waals surface area contributed by atoms with Crippen LogP contribution in [-0.2, 0) is 4.79 Å². The van der Waals surface area contributed by atoms with Crippen LogP contribution < -0.4 is 14.4 Å². The highest BCUT2D eigenvalue weighted by atomic mass is 79.9. The molecule has 0 aromatic heterocycles. The van der Waals surface area contributed by atoms with Gasteiger partial charge in [-0.05, 0) is 43.2 Å². The van der Waals surface area contributed by atoms with E-state index in [-0.39, 0.29) is 18.0 Å². The molecule has 2 saturated heterocycles. The van der Waals surface area contributed by atoms with Gasteiger partial charge in [0, 0.05) is 34.1 Å². The Morgan fingerprint density at radius 1 is 1.04 bits per heavy atom. The highest BCUT2D eigenvalue weighted by Gasteiger charge is 2.48. The molecule has 0 unspecified atom stereocenters. The maximum atomic E-state index is 12.7. The molecule has 2 aromatic rings. The van der Waals surface area contributed by atoms with Gasteiger partial charge < -0.3 is 14.4 Å². The lowest BCUT2D eigenvalue weighted by Crippen LogP contribution is -2.54. The number of carbonyl (C=O) groups is 1. The summed E-state index contributed by atoms with van der Waals surface area (Å²) < 4.78 is 12.2. The monoisotopic (exact) mass is 415 g/mol. The molecule has 0 amide bonds. The lowest BCUT2D eigenvalue weighted by Gasteiger charge is -2.52. The summed E-state index contributed by atoms with van der Waals surface area (Å²) in [4.78, 5) is 15.1. The Balaban J connectivity index is 1.85. The van der Waals surface area contributed by atoms with Crippen molar-refractivity contribution in [2.24, 2.45) is 5.92 Å². The molecule has 4 nitrogen and oxygen atoms in total. The normalized spacial score (nSPS) is 24.7. The second-order valence-corrected chi connectivity index (χ2v) is 7.84. The Bertz CT molecular complexity index is 821. The Morgan fingerprint density at radius 2 is 1.81 bits per heavy atom. The van der Waals surface area contributed by atoms with Crippen LogP contribution in [0.1, 0.15) is 30.9 Å². The fourth-order valence-electron chi connectivity index (χ4n) is 4.51. The van der Waals surface area contributed by atoms with Gasteiger partial charge in [0.25, 0.3) is 0 Å². The van der Waals surface area contributed by atoms with E-state index in [0.717, 1.165) is 34.3 Å². The van der Waals surface area contributed by atoms with E-state index in [1.165, 1.54) is 0 Å². The second kappa shape index (κ2) is 6.95. The van der Waals surface area contributed by atoms with Crippen LogP contribution in [0.4, 0.5) is 5.69 Å². The van der Waals surface area contributed by atoms with Crippen molar-refractivity contribution in [2.75, 3.05) is 19.1 Å². The lowest BCUT2D eigenvalue weighted by molar-refractivity contribution is -0.128. The van der Waals surface area contributed by atoms with E-state index in [4.69, 9.17) is 9.47 Å². The number of benzene rings is 2.